The van der Waals surface area contributed by atoms with Gasteiger partial charge in [0.15, 0.2) is 0 Å². The first kappa shape index (κ1) is 23.8. The lowest BCUT2D eigenvalue weighted by Gasteiger charge is -2.15. The molecule has 0 atom stereocenters. The van der Waals surface area contributed by atoms with E-state index in [4.69, 9.17) is 4.74 Å². The highest BCUT2D eigenvalue weighted by atomic mass is 32.2. The van der Waals surface area contributed by atoms with Crippen molar-refractivity contribution >= 4 is 26.6 Å². The number of nitrogens with one attached hydrogen (secondary N) is 1. The van der Waals surface area contributed by atoms with Crippen LogP contribution in [-0.2, 0) is 16.6 Å². The van der Waals surface area contributed by atoms with Crippen molar-refractivity contribution in [1.29, 1.82) is 5.26 Å². The molecule has 1 aliphatic carbocycles. The normalized spacial score (nSPS) is 13.5. The smallest absolute Gasteiger partial charge is 0.321 e. The molecule has 9 heteroatoms. The molecule has 0 saturated heterocycles. The molecule has 5 rings (SSSR count). The van der Waals surface area contributed by atoms with Crippen molar-refractivity contribution < 1.29 is 13.2 Å². The Labute approximate surface area is 210 Å². The molecule has 1 aliphatic rings. The Balaban J connectivity index is 1.61. The number of hydrogen-bond donors (Lipinski definition) is 1. The van der Waals surface area contributed by atoms with Crippen LogP contribution < -0.4 is 9.46 Å². The molecule has 2 aromatic heterocycles. The molecule has 0 unspecified atom stereocenters. The van der Waals surface area contributed by atoms with Gasteiger partial charge in [0.05, 0.1) is 22.5 Å². The van der Waals surface area contributed by atoms with Gasteiger partial charge in [-0.1, -0.05) is 13.0 Å². The second kappa shape index (κ2) is 9.63. The molecule has 0 bridgehead atoms. The fraction of sp³-hybridized carbons (Fsp3) is 0.296. The number of aromatic nitrogens is 3. The van der Waals surface area contributed by atoms with Crippen molar-refractivity contribution in [3.8, 4) is 29.1 Å². The highest BCUT2D eigenvalue weighted by molar-refractivity contribution is 7.92. The Bertz CT molecular complexity index is 1570. The van der Waals surface area contributed by atoms with Crippen LogP contribution in [0.1, 0.15) is 37.3 Å². The van der Waals surface area contributed by atoms with Crippen molar-refractivity contribution in [3.05, 3.63) is 66.0 Å². The standard InChI is InChI=1S/C27H27N5O3S/c1-3-13-36(33,34)31-20-7-9-22(18(2)14-20)26-24(16-28)23-10-8-21(35-27-29-11-4-12-30-27)15-25(23)32(26)17-19-5-6-19/h4,7-12,14-15,19,31H,3,5-6,13,17H2,1-2H3. The predicted octanol–water partition coefficient (Wildman–Crippen LogP) is 5.63. The largest absolute Gasteiger partial charge is 0.424 e. The zero-order valence-corrected chi connectivity index (χ0v) is 21.0. The first-order valence-corrected chi connectivity index (χ1v) is 13.7. The van der Waals surface area contributed by atoms with E-state index in [2.05, 4.69) is 25.3 Å². The Kier molecular flexibility index (Phi) is 6.37. The van der Waals surface area contributed by atoms with Gasteiger partial charge in [-0.15, -0.1) is 0 Å². The van der Waals surface area contributed by atoms with Gasteiger partial charge in [0.25, 0.3) is 0 Å². The van der Waals surface area contributed by atoms with Crippen molar-refractivity contribution in [2.45, 2.75) is 39.7 Å². The molecular weight excluding hydrogens is 474 g/mol. The molecule has 1 N–H and O–H groups in total. The lowest BCUT2D eigenvalue weighted by atomic mass is 10.0. The van der Waals surface area contributed by atoms with Gasteiger partial charge in [-0.3, -0.25) is 4.72 Å². The molecule has 0 spiro atoms. The lowest BCUT2D eigenvalue weighted by Crippen LogP contribution is -2.16. The molecule has 4 aromatic rings. The summed E-state index contributed by atoms with van der Waals surface area (Å²) in [5.74, 6) is 1.23. The van der Waals surface area contributed by atoms with Crippen LogP contribution in [0.15, 0.2) is 54.9 Å². The monoisotopic (exact) mass is 501 g/mol. The zero-order chi connectivity index (χ0) is 25.3. The fourth-order valence-electron chi connectivity index (χ4n) is 4.47. The Morgan fingerprint density at radius 1 is 1.17 bits per heavy atom. The molecule has 0 radical (unpaired) electrons. The van der Waals surface area contributed by atoms with E-state index in [1.807, 2.05) is 44.2 Å². The minimum absolute atomic E-state index is 0.0699. The van der Waals surface area contributed by atoms with Crippen LogP contribution in [0, 0.1) is 24.2 Å². The molecule has 8 nitrogen and oxygen atoms in total. The van der Waals surface area contributed by atoms with Crippen molar-refractivity contribution in [1.82, 2.24) is 14.5 Å². The molecule has 1 fully saturated rings. The quantitative estimate of drug-likeness (QED) is 0.318. The van der Waals surface area contributed by atoms with E-state index in [-0.39, 0.29) is 11.8 Å². The van der Waals surface area contributed by atoms with E-state index >= 15 is 0 Å². The van der Waals surface area contributed by atoms with Gasteiger partial charge >= 0.3 is 6.01 Å². The highest BCUT2D eigenvalue weighted by Crippen LogP contribution is 2.41. The summed E-state index contributed by atoms with van der Waals surface area (Å²) in [4.78, 5) is 8.27. The van der Waals surface area contributed by atoms with E-state index in [1.54, 1.807) is 24.5 Å². The topological polar surface area (TPSA) is 110 Å². The van der Waals surface area contributed by atoms with Crippen molar-refractivity contribution in [3.63, 3.8) is 0 Å². The van der Waals surface area contributed by atoms with Crippen LogP contribution in [0.4, 0.5) is 5.69 Å². The number of hydrogen-bond acceptors (Lipinski definition) is 6. The molecule has 0 aliphatic heterocycles. The fourth-order valence-corrected chi connectivity index (χ4v) is 5.60. The van der Waals surface area contributed by atoms with Gasteiger partial charge in [0, 0.05) is 41.6 Å². The minimum Gasteiger partial charge on any atom is -0.424 e. The first-order valence-electron chi connectivity index (χ1n) is 12.0. The maximum Gasteiger partial charge on any atom is 0.321 e. The first-order chi connectivity index (χ1) is 17.4. The number of rotatable bonds is 9. The maximum absolute atomic E-state index is 12.3. The van der Waals surface area contributed by atoms with Crippen LogP contribution in [0.25, 0.3) is 22.2 Å². The number of fused-ring (bicyclic) bond motifs is 1. The summed E-state index contributed by atoms with van der Waals surface area (Å²) in [6, 6.07) is 15.5. The minimum atomic E-state index is -3.39. The third-order valence-corrected chi connectivity index (χ3v) is 7.76. The average Bonchev–Trinajstić information content (AvgIpc) is 3.61. The van der Waals surface area contributed by atoms with E-state index in [0.29, 0.717) is 29.3 Å². The molecule has 36 heavy (non-hydrogen) atoms. The van der Waals surface area contributed by atoms with Gasteiger partial charge in [0.2, 0.25) is 10.0 Å². The summed E-state index contributed by atoms with van der Waals surface area (Å²) in [6.07, 6.45) is 6.11. The van der Waals surface area contributed by atoms with Crippen molar-refractivity contribution in [2.24, 2.45) is 5.92 Å². The van der Waals surface area contributed by atoms with Gasteiger partial charge in [0.1, 0.15) is 11.8 Å². The summed E-state index contributed by atoms with van der Waals surface area (Å²) >= 11 is 0. The summed E-state index contributed by atoms with van der Waals surface area (Å²) in [5.41, 5.74) is 4.65. The Morgan fingerprint density at radius 2 is 1.94 bits per heavy atom. The van der Waals surface area contributed by atoms with Crippen molar-refractivity contribution in [2.75, 3.05) is 10.5 Å². The Morgan fingerprint density at radius 3 is 2.61 bits per heavy atom. The van der Waals surface area contributed by atoms with Crippen LogP contribution in [0.3, 0.4) is 0 Å². The molecular formula is C27H27N5O3S. The SMILES string of the molecule is CCCS(=O)(=O)Nc1ccc(-c2c(C#N)c3ccc(Oc4ncccn4)cc3n2CC2CC2)c(C)c1. The molecule has 2 heterocycles. The maximum atomic E-state index is 12.3. The molecule has 0 amide bonds. The van der Waals surface area contributed by atoms with Gasteiger partial charge in [-0.25, -0.2) is 18.4 Å². The second-order valence-electron chi connectivity index (χ2n) is 9.15. The van der Waals surface area contributed by atoms with Gasteiger partial charge in [-0.05, 0) is 68.0 Å². The van der Waals surface area contributed by atoms with Crippen LogP contribution in [0.5, 0.6) is 11.8 Å². The second-order valence-corrected chi connectivity index (χ2v) is 11.0. The summed E-state index contributed by atoms with van der Waals surface area (Å²) in [7, 11) is -3.39. The highest BCUT2D eigenvalue weighted by Gasteiger charge is 2.27. The van der Waals surface area contributed by atoms with E-state index < -0.39 is 10.0 Å². The van der Waals surface area contributed by atoms with Gasteiger partial charge in [-0.2, -0.15) is 5.26 Å². The van der Waals surface area contributed by atoms with Crippen LogP contribution >= 0.6 is 0 Å². The van der Waals surface area contributed by atoms with Crippen LogP contribution in [0.2, 0.25) is 0 Å². The third kappa shape index (κ3) is 4.90. The van der Waals surface area contributed by atoms with E-state index in [9.17, 15) is 13.7 Å². The summed E-state index contributed by atoms with van der Waals surface area (Å²) in [6.45, 7) is 4.57. The Hall–Kier alpha value is -3.90. The van der Waals surface area contributed by atoms with Gasteiger partial charge < -0.3 is 9.30 Å². The van der Waals surface area contributed by atoms with E-state index in [1.165, 1.54) is 0 Å². The number of ether oxygens (including phenoxy) is 1. The number of sulfonamides is 1. The number of aryl methyl sites for hydroxylation is 1. The number of nitriles is 1. The molecule has 2 aromatic carbocycles. The number of anilines is 1. The number of nitrogens with zero attached hydrogens (tertiary/aromatic N) is 4. The molecule has 1 saturated carbocycles. The lowest BCUT2D eigenvalue weighted by molar-refractivity contribution is 0.442. The zero-order valence-electron chi connectivity index (χ0n) is 20.2. The predicted molar refractivity (Wildman–Crippen MR) is 139 cm³/mol. The average molecular weight is 502 g/mol. The molecule has 184 valence electrons. The number of benzene rings is 2. The summed E-state index contributed by atoms with van der Waals surface area (Å²) < 4.78 is 35.2. The van der Waals surface area contributed by atoms with Crippen LogP contribution in [-0.4, -0.2) is 28.7 Å². The summed E-state index contributed by atoms with van der Waals surface area (Å²) in [5, 5.41) is 11.0. The van der Waals surface area contributed by atoms with E-state index in [0.717, 1.165) is 47.1 Å². The third-order valence-electron chi connectivity index (χ3n) is 6.26.